The second-order valence-corrected chi connectivity index (χ2v) is 14.1. The second-order valence-electron chi connectivity index (χ2n) is 14.1. The summed E-state index contributed by atoms with van der Waals surface area (Å²) in [7, 11) is 0. The first-order valence-electron chi connectivity index (χ1n) is 17.8. The fraction of sp³-hybridized carbons (Fsp3) is 0.0625. The molecular formula is C48H34N4. The van der Waals surface area contributed by atoms with Crippen molar-refractivity contribution in [3.63, 3.8) is 0 Å². The Hall–Kier alpha value is -6.65. The van der Waals surface area contributed by atoms with Crippen LogP contribution in [0.5, 0.6) is 0 Å². The van der Waals surface area contributed by atoms with Crippen molar-refractivity contribution >= 4 is 21.8 Å². The summed E-state index contributed by atoms with van der Waals surface area (Å²) >= 11 is 0. The van der Waals surface area contributed by atoms with Gasteiger partial charge < -0.3 is 4.57 Å². The number of hydrogen-bond acceptors (Lipinski definition) is 3. The summed E-state index contributed by atoms with van der Waals surface area (Å²) in [5, 5.41) is 2.48. The van der Waals surface area contributed by atoms with Crippen molar-refractivity contribution in [2.24, 2.45) is 0 Å². The standard InChI is InChI=1S/C48H34N4/c1-48(2)41-17-8-6-16-39(41)46-44(48)45(50-47(51-46)33-21-19-31(20-22-33)32-25-27-49-28-26-32)36-12-10-11-34(29-36)35-23-24-43-40(30-35)38-15-7-9-18-42(38)52(43)37-13-4-3-5-14-37/h3-30H,1-2H3. The fourth-order valence-electron chi connectivity index (χ4n) is 8.16. The monoisotopic (exact) mass is 666 g/mol. The fourth-order valence-corrected chi connectivity index (χ4v) is 8.16. The lowest BCUT2D eigenvalue weighted by atomic mass is 9.80. The molecule has 0 fully saturated rings. The number of fused-ring (bicyclic) bond motifs is 6. The Kier molecular flexibility index (Phi) is 6.80. The van der Waals surface area contributed by atoms with Gasteiger partial charge in [-0.15, -0.1) is 0 Å². The smallest absolute Gasteiger partial charge is 0.160 e. The summed E-state index contributed by atoms with van der Waals surface area (Å²) in [4.78, 5) is 14.9. The average molecular weight is 667 g/mol. The summed E-state index contributed by atoms with van der Waals surface area (Å²) in [6.45, 7) is 4.60. The van der Waals surface area contributed by atoms with Gasteiger partial charge in [0, 0.05) is 56.5 Å². The van der Waals surface area contributed by atoms with E-state index in [4.69, 9.17) is 9.97 Å². The number of benzene rings is 6. The second kappa shape index (κ2) is 11.7. The van der Waals surface area contributed by atoms with Gasteiger partial charge in [-0.3, -0.25) is 4.98 Å². The van der Waals surface area contributed by atoms with Crippen LogP contribution in [0.15, 0.2) is 170 Å². The van der Waals surface area contributed by atoms with E-state index < -0.39 is 0 Å². The summed E-state index contributed by atoms with van der Waals surface area (Å²) in [6, 6.07) is 56.3. The maximum atomic E-state index is 5.40. The first-order chi connectivity index (χ1) is 25.5. The molecule has 0 N–H and O–H groups in total. The Morgan fingerprint density at radius 1 is 0.462 bits per heavy atom. The van der Waals surface area contributed by atoms with Crippen LogP contribution in [0.25, 0.3) is 83.6 Å². The van der Waals surface area contributed by atoms with E-state index in [0.29, 0.717) is 0 Å². The molecule has 1 aliphatic rings. The molecule has 1 aliphatic carbocycles. The molecule has 3 aromatic heterocycles. The molecule has 4 heteroatoms. The molecule has 0 unspecified atom stereocenters. The van der Waals surface area contributed by atoms with E-state index in [2.05, 4.69) is 169 Å². The Bertz CT molecular complexity index is 2800. The SMILES string of the molecule is CC1(C)c2ccccc2-c2nc(-c3ccc(-c4ccncc4)cc3)nc(-c3cccc(-c4ccc5c(c4)c4ccccc4n5-c4ccccc4)c3)c21. The molecular weight excluding hydrogens is 633 g/mol. The van der Waals surface area contributed by atoms with Crippen LogP contribution in [0.1, 0.15) is 25.0 Å². The topological polar surface area (TPSA) is 43.6 Å². The third-order valence-electron chi connectivity index (χ3n) is 10.7. The normalized spacial score (nSPS) is 13.0. The van der Waals surface area contributed by atoms with Gasteiger partial charge in [0.2, 0.25) is 0 Å². The van der Waals surface area contributed by atoms with Gasteiger partial charge in [0.25, 0.3) is 0 Å². The zero-order valence-electron chi connectivity index (χ0n) is 29.0. The van der Waals surface area contributed by atoms with Crippen LogP contribution in [0.3, 0.4) is 0 Å². The van der Waals surface area contributed by atoms with Gasteiger partial charge in [-0.25, -0.2) is 9.97 Å². The lowest BCUT2D eigenvalue weighted by Crippen LogP contribution is -2.17. The predicted molar refractivity (Wildman–Crippen MR) is 213 cm³/mol. The lowest BCUT2D eigenvalue weighted by molar-refractivity contribution is 0.658. The molecule has 0 saturated carbocycles. The largest absolute Gasteiger partial charge is 0.309 e. The molecule has 0 amide bonds. The molecule has 6 aromatic carbocycles. The molecule has 246 valence electrons. The summed E-state index contributed by atoms with van der Waals surface area (Å²) in [5.74, 6) is 0.725. The molecule has 10 rings (SSSR count). The molecule has 0 aliphatic heterocycles. The van der Waals surface area contributed by atoms with Crippen LogP contribution in [-0.2, 0) is 5.41 Å². The zero-order chi connectivity index (χ0) is 34.8. The lowest BCUT2D eigenvalue weighted by Gasteiger charge is -2.24. The minimum Gasteiger partial charge on any atom is -0.309 e. The molecule has 4 nitrogen and oxygen atoms in total. The van der Waals surface area contributed by atoms with Crippen molar-refractivity contribution in [3.8, 4) is 61.8 Å². The third-order valence-corrected chi connectivity index (χ3v) is 10.7. The highest BCUT2D eigenvalue weighted by atomic mass is 15.0. The third kappa shape index (κ3) is 4.72. The summed E-state index contributed by atoms with van der Waals surface area (Å²) < 4.78 is 2.36. The molecule has 3 heterocycles. The molecule has 9 aromatic rings. The van der Waals surface area contributed by atoms with Crippen LogP contribution in [0.2, 0.25) is 0 Å². The van der Waals surface area contributed by atoms with Crippen molar-refractivity contribution in [2.75, 3.05) is 0 Å². The molecule has 0 bridgehead atoms. The molecule has 0 spiro atoms. The quantitative estimate of drug-likeness (QED) is 0.184. The average Bonchev–Trinajstić information content (AvgIpc) is 3.66. The van der Waals surface area contributed by atoms with Crippen LogP contribution in [0.4, 0.5) is 0 Å². The molecule has 0 saturated heterocycles. The van der Waals surface area contributed by atoms with Gasteiger partial charge in [-0.1, -0.05) is 123 Å². The number of para-hydroxylation sites is 2. The Morgan fingerprint density at radius 2 is 1.10 bits per heavy atom. The Morgan fingerprint density at radius 3 is 1.94 bits per heavy atom. The van der Waals surface area contributed by atoms with Gasteiger partial charge in [0.15, 0.2) is 5.82 Å². The summed E-state index contributed by atoms with van der Waals surface area (Å²) in [6.07, 6.45) is 3.65. The van der Waals surface area contributed by atoms with Crippen molar-refractivity contribution < 1.29 is 0 Å². The van der Waals surface area contributed by atoms with Gasteiger partial charge in [0.1, 0.15) is 0 Å². The van der Waals surface area contributed by atoms with E-state index in [9.17, 15) is 0 Å². The summed E-state index contributed by atoms with van der Waals surface area (Å²) in [5.41, 5.74) is 15.6. The molecule has 0 radical (unpaired) electrons. The van der Waals surface area contributed by atoms with Gasteiger partial charge in [0.05, 0.1) is 22.4 Å². The Balaban J connectivity index is 1.13. The molecule has 52 heavy (non-hydrogen) atoms. The van der Waals surface area contributed by atoms with Gasteiger partial charge in [-0.2, -0.15) is 0 Å². The number of nitrogens with zero attached hydrogens (tertiary/aromatic N) is 4. The van der Waals surface area contributed by atoms with Crippen LogP contribution in [-0.4, -0.2) is 19.5 Å². The first-order valence-corrected chi connectivity index (χ1v) is 17.8. The van der Waals surface area contributed by atoms with Crippen molar-refractivity contribution in [1.82, 2.24) is 19.5 Å². The van der Waals surface area contributed by atoms with E-state index in [1.807, 2.05) is 24.5 Å². The highest BCUT2D eigenvalue weighted by molar-refractivity contribution is 6.10. The first kappa shape index (κ1) is 30.2. The van der Waals surface area contributed by atoms with Crippen LogP contribution >= 0.6 is 0 Å². The minimum atomic E-state index is -0.265. The van der Waals surface area contributed by atoms with Crippen LogP contribution in [0, 0.1) is 0 Å². The number of hydrogen-bond donors (Lipinski definition) is 0. The molecule has 0 atom stereocenters. The zero-order valence-corrected chi connectivity index (χ0v) is 29.0. The predicted octanol–water partition coefficient (Wildman–Crippen LogP) is 11.9. The van der Waals surface area contributed by atoms with E-state index >= 15 is 0 Å². The Labute approximate surface area is 302 Å². The van der Waals surface area contributed by atoms with E-state index in [1.165, 1.54) is 44.1 Å². The highest BCUT2D eigenvalue weighted by Gasteiger charge is 2.40. The van der Waals surface area contributed by atoms with E-state index in [1.54, 1.807) is 0 Å². The highest BCUT2D eigenvalue weighted by Crippen LogP contribution is 2.51. The van der Waals surface area contributed by atoms with Gasteiger partial charge >= 0.3 is 0 Å². The van der Waals surface area contributed by atoms with Crippen molar-refractivity contribution in [2.45, 2.75) is 19.3 Å². The van der Waals surface area contributed by atoms with Crippen molar-refractivity contribution in [1.29, 1.82) is 0 Å². The van der Waals surface area contributed by atoms with E-state index in [0.717, 1.165) is 50.7 Å². The maximum Gasteiger partial charge on any atom is 0.160 e. The number of aromatic nitrogens is 4. The van der Waals surface area contributed by atoms with Crippen molar-refractivity contribution in [3.05, 3.63) is 181 Å². The van der Waals surface area contributed by atoms with Crippen LogP contribution < -0.4 is 0 Å². The minimum absolute atomic E-state index is 0.265. The maximum absolute atomic E-state index is 5.40. The van der Waals surface area contributed by atoms with Gasteiger partial charge in [-0.05, 0) is 76.3 Å². The van der Waals surface area contributed by atoms with E-state index in [-0.39, 0.29) is 5.41 Å². The number of rotatable bonds is 5. The number of pyridine rings is 1.